The van der Waals surface area contributed by atoms with E-state index in [1.165, 1.54) is 6.20 Å². The Bertz CT molecular complexity index is 381. The second kappa shape index (κ2) is 6.67. The lowest BCUT2D eigenvalue weighted by molar-refractivity contribution is 0.240. The Morgan fingerprint density at radius 3 is 3.06 bits per heavy atom. The van der Waals surface area contributed by atoms with Crippen LogP contribution in [0.1, 0.15) is 32.3 Å². The highest BCUT2D eigenvalue weighted by atomic mass is 16.5. The highest BCUT2D eigenvalue weighted by Gasteiger charge is 2.11. The number of oxime groups is 1. The molecule has 3 N–H and O–H groups in total. The van der Waals surface area contributed by atoms with Crippen LogP contribution >= 0.6 is 0 Å². The minimum atomic E-state index is -0.0296. The third-order valence-corrected chi connectivity index (χ3v) is 2.36. The van der Waals surface area contributed by atoms with Gasteiger partial charge in [0.05, 0.1) is 18.4 Å². The van der Waals surface area contributed by atoms with Crippen LogP contribution in [0.15, 0.2) is 17.4 Å². The maximum atomic E-state index is 8.63. The van der Waals surface area contributed by atoms with E-state index < -0.39 is 0 Å². The topological polar surface area (TPSA) is 93.6 Å². The van der Waals surface area contributed by atoms with E-state index in [0.29, 0.717) is 24.0 Å². The standard InChI is InChI=1S/C11H18N4O2/c1-3-4-8(2)7-17-11-9(10(12)15-16)5-6-13-14-11/h5-6,8,16H,3-4,7H2,1-2H3,(H2,12,15). The van der Waals surface area contributed by atoms with Gasteiger partial charge in [0.2, 0.25) is 5.88 Å². The molecule has 0 aliphatic carbocycles. The van der Waals surface area contributed by atoms with E-state index in [-0.39, 0.29) is 5.84 Å². The predicted molar refractivity (Wildman–Crippen MR) is 64.1 cm³/mol. The molecule has 1 atom stereocenters. The maximum Gasteiger partial charge on any atom is 0.244 e. The third kappa shape index (κ3) is 3.90. The van der Waals surface area contributed by atoms with Crippen LogP contribution in [0.4, 0.5) is 0 Å². The highest BCUT2D eigenvalue weighted by Crippen LogP contribution is 2.15. The number of amidine groups is 1. The molecule has 1 aromatic heterocycles. The molecule has 1 aromatic rings. The molecular formula is C11H18N4O2. The zero-order chi connectivity index (χ0) is 12.7. The Hall–Kier alpha value is -1.85. The molecule has 0 aliphatic heterocycles. The second-order valence-electron chi connectivity index (χ2n) is 3.94. The molecule has 0 aromatic carbocycles. The fraction of sp³-hybridized carbons (Fsp3) is 0.545. The van der Waals surface area contributed by atoms with Crippen molar-refractivity contribution in [2.24, 2.45) is 16.8 Å². The molecule has 1 heterocycles. The van der Waals surface area contributed by atoms with Crippen molar-refractivity contribution < 1.29 is 9.94 Å². The minimum Gasteiger partial charge on any atom is -0.476 e. The van der Waals surface area contributed by atoms with Crippen molar-refractivity contribution in [3.8, 4) is 5.88 Å². The summed E-state index contributed by atoms with van der Waals surface area (Å²) in [5.74, 6) is 0.700. The molecule has 94 valence electrons. The minimum absolute atomic E-state index is 0.0296. The quantitative estimate of drug-likeness (QED) is 0.338. The Labute approximate surface area is 100 Å². The van der Waals surface area contributed by atoms with Gasteiger partial charge in [-0.2, -0.15) is 5.10 Å². The van der Waals surface area contributed by atoms with E-state index in [0.717, 1.165) is 12.8 Å². The van der Waals surface area contributed by atoms with Crippen molar-refractivity contribution in [2.45, 2.75) is 26.7 Å². The van der Waals surface area contributed by atoms with Gasteiger partial charge in [0.25, 0.3) is 0 Å². The summed E-state index contributed by atoms with van der Waals surface area (Å²) in [5.41, 5.74) is 5.96. The first-order valence-corrected chi connectivity index (χ1v) is 5.61. The fourth-order valence-electron chi connectivity index (χ4n) is 1.47. The van der Waals surface area contributed by atoms with Gasteiger partial charge in [-0.15, -0.1) is 5.10 Å². The van der Waals surface area contributed by atoms with E-state index in [2.05, 4.69) is 29.2 Å². The second-order valence-corrected chi connectivity index (χ2v) is 3.94. The van der Waals surface area contributed by atoms with Gasteiger partial charge in [-0.25, -0.2) is 0 Å². The van der Waals surface area contributed by atoms with E-state index in [1.807, 2.05) is 0 Å². The molecule has 0 bridgehead atoms. The molecule has 6 heteroatoms. The van der Waals surface area contributed by atoms with Crippen LogP contribution in [0.5, 0.6) is 5.88 Å². The number of ether oxygens (including phenoxy) is 1. The molecule has 0 fully saturated rings. The summed E-state index contributed by atoms with van der Waals surface area (Å²) in [6.07, 6.45) is 3.66. The largest absolute Gasteiger partial charge is 0.476 e. The van der Waals surface area contributed by atoms with Gasteiger partial charge in [-0.05, 0) is 18.4 Å². The summed E-state index contributed by atoms with van der Waals surface area (Å²) in [5, 5.41) is 19.1. The average molecular weight is 238 g/mol. The number of hydrogen-bond acceptors (Lipinski definition) is 5. The lowest BCUT2D eigenvalue weighted by Crippen LogP contribution is -2.17. The zero-order valence-electron chi connectivity index (χ0n) is 10.1. The summed E-state index contributed by atoms with van der Waals surface area (Å²) in [7, 11) is 0. The summed E-state index contributed by atoms with van der Waals surface area (Å²) in [4.78, 5) is 0. The van der Waals surface area contributed by atoms with Gasteiger partial charge in [0.1, 0.15) is 0 Å². The van der Waals surface area contributed by atoms with Crippen molar-refractivity contribution in [3.05, 3.63) is 17.8 Å². The van der Waals surface area contributed by atoms with Gasteiger partial charge >= 0.3 is 0 Å². The number of rotatable bonds is 6. The fourth-order valence-corrected chi connectivity index (χ4v) is 1.47. The SMILES string of the molecule is CCCC(C)COc1nnccc1/C(N)=N/O. The van der Waals surface area contributed by atoms with E-state index >= 15 is 0 Å². The monoisotopic (exact) mass is 238 g/mol. The summed E-state index contributed by atoms with van der Waals surface area (Å²) < 4.78 is 5.53. The van der Waals surface area contributed by atoms with E-state index in [4.69, 9.17) is 15.7 Å². The molecule has 0 aliphatic rings. The lowest BCUT2D eigenvalue weighted by atomic mass is 10.1. The van der Waals surface area contributed by atoms with Crippen molar-refractivity contribution in [1.82, 2.24) is 10.2 Å². The maximum absolute atomic E-state index is 8.63. The molecule has 0 spiro atoms. The molecule has 17 heavy (non-hydrogen) atoms. The van der Waals surface area contributed by atoms with Crippen molar-refractivity contribution in [2.75, 3.05) is 6.61 Å². The van der Waals surface area contributed by atoms with Crippen LogP contribution in [0, 0.1) is 5.92 Å². The van der Waals surface area contributed by atoms with Crippen LogP contribution in [-0.2, 0) is 0 Å². The molecule has 0 saturated heterocycles. The zero-order valence-corrected chi connectivity index (χ0v) is 10.1. The van der Waals surface area contributed by atoms with Crippen LogP contribution in [0.25, 0.3) is 0 Å². The Kier molecular flexibility index (Phi) is 5.19. The Morgan fingerprint density at radius 2 is 2.41 bits per heavy atom. The molecule has 0 saturated carbocycles. The molecule has 0 amide bonds. The first-order valence-electron chi connectivity index (χ1n) is 5.61. The Balaban J connectivity index is 2.71. The molecular weight excluding hydrogens is 220 g/mol. The molecule has 1 rings (SSSR count). The van der Waals surface area contributed by atoms with Crippen molar-refractivity contribution in [1.29, 1.82) is 0 Å². The van der Waals surface area contributed by atoms with Crippen LogP contribution < -0.4 is 10.5 Å². The first-order chi connectivity index (χ1) is 8.19. The molecule has 1 unspecified atom stereocenters. The highest BCUT2D eigenvalue weighted by molar-refractivity contribution is 5.98. The summed E-state index contributed by atoms with van der Waals surface area (Å²) in [6, 6.07) is 1.60. The number of hydrogen-bond donors (Lipinski definition) is 2. The average Bonchev–Trinajstić information content (AvgIpc) is 2.36. The van der Waals surface area contributed by atoms with Gasteiger partial charge in [-0.1, -0.05) is 25.4 Å². The van der Waals surface area contributed by atoms with Gasteiger partial charge in [0.15, 0.2) is 5.84 Å². The predicted octanol–water partition coefficient (Wildman–Crippen LogP) is 1.39. The van der Waals surface area contributed by atoms with Crippen molar-refractivity contribution >= 4 is 5.84 Å². The van der Waals surface area contributed by atoms with Gasteiger partial charge < -0.3 is 15.7 Å². The van der Waals surface area contributed by atoms with Crippen LogP contribution in [0.2, 0.25) is 0 Å². The van der Waals surface area contributed by atoms with Crippen molar-refractivity contribution in [3.63, 3.8) is 0 Å². The van der Waals surface area contributed by atoms with Gasteiger partial charge in [-0.3, -0.25) is 0 Å². The van der Waals surface area contributed by atoms with E-state index in [9.17, 15) is 0 Å². The molecule has 0 radical (unpaired) electrons. The normalized spacial score (nSPS) is 13.4. The summed E-state index contributed by atoms with van der Waals surface area (Å²) >= 11 is 0. The Morgan fingerprint density at radius 1 is 1.65 bits per heavy atom. The first kappa shape index (κ1) is 13.2. The number of nitrogens with two attached hydrogens (primary N) is 1. The number of nitrogens with zero attached hydrogens (tertiary/aromatic N) is 3. The lowest BCUT2D eigenvalue weighted by Gasteiger charge is -2.12. The molecule has 6 nitrogen and oxygen atoms in total. The smallest absolute Gasteiger partial charge is 0.244 e. The van der Waals surface area contributed by atoms with Crippen LogP contribution in [0.3, 0.4) is 0 Å². The van der Waals surface area contributed by atoms with E-state index in [1.54, 1.807) is 6.07 Å². The van der Waals surface area contributed by atoms with Crippen LogP contribution in [-0.4, -0.2) is 27.8 Å². The third-order valence-electron chi connectivity index (χ3n) is 2.36. The summed E-state index contributed by atoms with van der Waals surface area (Å²) in [6.45, 7) is 4.77. The van der Waals surface area contributed by atoms with Gasteiger partial charge in [0, 0.05) is 0 Å². The number of aromatic nitrogens is 2.